The maximum atomic E-state index is 6.09. The summed E-state index contributed by atoms with van der Waals surface area (Å²) in [5.41, 5.74) is 8.38. The Hall–Kier alpha value is -1.79. The van der Waals surface area contributed by atoms with Crippen molar-refractivity contribution in [1.29, 1.82) is 0 Å². The molecule has 4 nitrogen and oxygen atoms in total. The van der Waals surface area contributed by atoms with E-state index in [0.717, 1.165) is 23.0 Å². The molecule has 6 heteroatoms. The fourth-order valence-electron chi connectivity index (χ4n) is 2.26. The number of nitrogens with zero attached hydrogens (tertiary/aromatic N) is 2. The number of ether oxygens (including phenoxy) is 1. The second kappa shape index (κ2) is 8.17. The van der Waals surface area contributed by atoms with Crippen molar-refractivity contribution in [3.05, 3.63) is 65.7 Å². The fourth-order valence-corrected chi connectivity index (χ4v) is 3.31. The summed E-state index contributed by atoms with van der Waals surface area (Å²) in [6.07, 6.45) is 1.82. The molecule has 2 N–H and O–H groups in total. The summed E-state index contributed by atoms with van der Waals surface area (Å²) in [4.78, 5) is 0. The summed E-state index contributed by atoms with van der Waals surface area (Å²) in [6.45, 7) is 0.785. The van der Waals surface area contributed by atoms with Crippen molar-refractivity contribution in [2.75, 3.05) is 13.7 Å². The van der Waals surface area contributed by atoms with E-state index in [1.807, 2.05) is 41.2 Å². The number of rotatable bonds is 4. The van der Waals surface area contributed by atoms with Crippen molar-refractivity contribution in [2.45, 2.75) is 5.25 Å². The predicted octanol–water partition coefficient (Wildman–Crippen LogP) is -0.152. The van der Waals surface area contributed by atoms with Crippen LogP contribution in [0.3, 0.4) is 0 Å². The van der Waals surface area contributed by atoms with Crippen LogP contribution in [0.1, 0.15) is 16.4 Å². The van der Waals surface area contributed by atoms with Crippen LogP contribution in [0.2, 0.25) is 0 Å². The third kappa shape index (κ3) is 4.36. The molecule has 1 heterocycles. The molecule has 3 rings (SSSR count). The summed E-state index contributed by atoms with van der Waals surface area (Å²) in [5, 5.41) is 5.55. The highest BCUT2D eigenvalue weighted by Gasteiger charge is 2.29. The summed E-state index contributed by atoms with van der Waals surface area (Å²) >= 11 is 1.65. The lowest BCUT2D eigenvalue weighted by Crippen LogP contribution is -3.00. The molecular weight excluding hydrogens is 374 g/mol. The molecule has 120 valence electrons. The molecule has 0 spiro atoms. The Labute approximate surface area is 150 Å². The van der Waals surface area contributed by atoms with E-state index in [1.54, 1.807) is 18.9 Å². The van der Waals surface area contributed by atoms with Gasteiger partial charge in [-0.1, -0.05) is 35.4 Å². The highest BCUT2D eigenvalue weighted by molar-refractivity contribution is 8.13. The van der Waals surface area contributed by atoms with E-state index in [1.165, 1.54) is 5.56 Å². The van der Waals surface area contributed by atoms with Crippen LogP contribution in [0.15, 0.2) is 59.7 Å². The number of hydrogen-bond acceptors (Lipinski definition) is 4. The largest absolute Gasteiger partial charge is 1.00 e. The van der Waals surface area contributed by atoms with Crippen LogP contribution in [0.25, 0.3) is 0 Å². The zero-order chi connectivity index (χ0) is 15.4. The number of hydrazone groups is 1. The van der Waals surface area contributed by atoms with E-state index in [9.17, 15) is 0 Å². The van der Waals surface area contributed by atoms with Gasteiger partial charge in [-0.15, -0.1) is 4.68 Å². The summed E-state index contributed by atoms with van der Waals surface area (Å²) in [5.74, 6) is 0.837. The molecule has 2 aromatic carbocycles. The van der Waals surface area contributed by atoms with Crippen LogP contribution in [-0.2, 0) is 0 Å². The monoisotopic (exact) mass is 391 g/mol. The minimum atomic E-state index is 0. The number of benzene rings is 2. The van der Waals surface area contributed by atoms with E-state index in [2.05, 4.69) is 29.4 Å². The molecule has 0 aromatic heterocycles. The summed E-state index contributed by atoms with van der Waals surface area (Å²) in [7, 11) is 1.66. The van der Waals surface area contributed by atoms with Crippen molar-refractivity contribution in [1.82, 2.24) is 0 Å². The number of amidine groups is 1. The van der Waals surface area contributed by atoms with Crippen molar-refractivity contribution >= 4 is 23.1 Å². The quantitative estimate of drug-likeness (QED) is 0.582. The number of methoxy groups -OCH3 is 1. The standard InChI is InChI=1S/C17H17N3OS.BrH/c1-21-15-9-7-13(8-10-15)11-19-20-12-16(22-17(20)18)14-5-3-2-4-6-14;/h2-11,16,18H,12H2,1H3;1H. The van der Waals surface area contributed by atoms with Crippen LogP contribution in [0, 0.1) is 0 Å². The minimum absolute atomic E-state index is 0. The van der Waals surface area contributed by atoms with Crippen molar-refractivity contribution in [3.8, 4) is 5.75 Å². The zero-order valence-electron chi connectivity index (χ0n) is 12.7. The smallest absolute Gasteiger partial charge is 0.330 e. The van der Waals surface area contributed by atoms with Gasteiger partial charge in [-0.25, -0.2) is 0 Å². The van der Waals surface area contributed by atoms with Crippen molar-refractivity contribution in [2.24, 2.45) is 10.8 Å². The number of thioether (sulfide) groups is 1. The Kier molecular flexibility index (Phi) is 6.24. The fraction of sp³-hybridized carbons (Fsp3) is 0.176. The molecule has 0 aliphatic carbocycles. The number of hydrogen-bond donors (Lipinski definition) is 1. The molecule has 2 aromatic rings. The average Bonchev–Trinajstić information content (AvgIpc) is 2.95. The SMILES string of the molecule is COc1ccc(C=N[N+]2=C(N)SC(c3ccccc3)C2)cc1.[Br-]. The van der Waals surface area contributed by atoms with Gasteiger partial charge in [-0.3, -0.25) is 5.73 Å². The normalized spacial score (nSPS) is 17.3. The molecule has 0 radical (unpaired) electrons. The predicted molar refractivity (Wildman–Crippen MR) is 91.7 cm³/mol. The Balaban J connectivity index is 0.00000192. The third-order valence-electron chi connectivity index (χ3n) is 3.49. The van der Waals surface area contributed by atoms with Crippen LogP contribution in [0.4, 0.5) is 0 Å². The Morgan fingerprint density at radius 1 is 1.17 bits per heavy atom. The van der Waals surface area contributed by atoms with Crippen LogP contribution < -0.4 is 27.5 Å². The van der Waals surface area contributed by atoms with E-state index in [0.29, 0.717) is 5.25 Å². The molecule has 0 fully saturated rings. The van der Waals surface area contributed by atoms with Gasteiger partial charge >= 0.3 is 5.17 Å². The van der Waals surface area contributed by atoms with Gasteiger partial charge in [-0.2, -0.15) is 0 Å². The third-order valence-corrected chi connectivity index (χ3v) is 4.65. The average molecular weight is 392 g/mol. The molecule has 0 bridgehead atoms. The van der Waals surface area contributed by atoms with Crippen molar-refractivity contribution < 1.29 is 26.4 Å². The lowest BCUT2D eigenvalue weighted by atomic mass is 10.1. The van der Waals surface area contributed by atoms with E-state index in [4.69, 9.17) is 10.5 Å². The van der Waals surface area contributed by atoms with E-state index < -0.39 is 0 Å². The van der Waals surface area contributed by atoms with Gasteiger partial charge in [0.15, 0.2) is 0 Å². The molecule has 0 saturated heterocycles. The van der Waals surface area contributed by atoms with Gasteiger partial charge < -0.3 is 21.7 Å². The summed E-state index contributed by atoms with van der Waals surface area (Å²) in [6, 6.07) is 18.1. The number of nitrogens with two attached hydrogens (primary N) is 1. The van der Waals surface area contributed by atoms with E-state index >= 15 is 0 Å². The summed E-state index contributed by atoms with van der Waals surface area (Å²) < 4.78 is 7.00. The van der Waals surface area contributed by atoms with Gasteiger partial charge in [0.05, 0.1) is 18.6 Å². The Bertz CT molecular complexity index is 702. The highest BCUT2D eigenvalue weighted by atomic mass is 79.9. The Morgan fingerprint density at radius 3 is 2.52 bits per heavy atom. The lowest BCUT2D eigenvalue weighted by Gasteiger charge is -2.04. The first-order chi connectivity index (χ1) is 10.8. The first-order valence-corrected chi connectivity index (χ1v) is 7.94. The first-order valence-electron chi connectivity index (χ1n) is 7.06. The molecule has 1 atom stereocenters. The van der Waals surface area contributed by atoms with E-state index in [-0.39, 0.29) is 17.0 Å². The van der Waals surface area contributed by atoms with Crippen LogP contribution in [0.5, 0.6) is 5.75 Å². The molecular formula is C17H18BrN3OS. The second-order valence-electron chi connectivity index (χ2n) is 4.96. The van der Waals surface area contributed by atoms with Crippen LogP contribution >= 0.6 is 11.8 Å². The topological polar surface area (TPSA) is 50.6 Å². The van der Waals surface area contributed by atoms with Gasteiger partial charge in [-0.05, 0) is 47.2 Å². The van der Waals surface area contributed by atoms with Gasteiger partial charge in [0.2, 0.25) is 0 Å². The minimum Gasteiger partial charge on any atom is -1.00 e. The second-order valence-corrected chi connectivity index (χ2v) is 6.18. The lowest BCUT2D eigenvalue weighted by molar-refractivity contribution is -0.527. The van der Waals surface area contributed by atoms with Gasteiger partial charge in [0, 0.05) is 0 Å². The van der Waals surface area contributed by atoms with Crippen LogP contribution in [-0.4, -0.2) is 29.7 Å². The van der Waals surface area contributed by atoms with Gasteiger partial charge in [0.25, 0.3) is 0 Å². The molecule has 1 aliphatic heterocycles. The molecule has 1 aliphatic rings. The first kappa shape index (κ1) is 17.6. The molecule has 23 heavy (non-hydrogen) atoms. The number of halogens is 1. The molecule has 0 amide bonds. The maximum Gasteiger partial charge on any atom is 0.330 e. The van der Waals surface area contributed by atoms with Gasteiger partial charge in [0.1, 0.15) is 12.3 Å². The maximum absolute atomic E-state index is 6.09. The molecule has 1 unspecified atom stereocenters. The molecule has 0 saturated carbocycles. The van der Waals surface area contributed by atoms with Crippen molar-refractivity contribution in [3.63, 3.8) is 0 Å². The highest BCUT2D eigenvalue weighted by Crippen LogP contribution is 2.33. The zero-order valence-corrected chi connectivity index (χ0v) is 15.1. The Morgan fingerprint density at radius 2 is 1.87 bits per heavy atom.